The van der Waals surface area contributed by atoms with E-state index in [4.69, 9.17) is 9.97 Å². The standard InChI is InChI=1S/C34H28FN3S/c1-19-17-22(35)18-20(2)29(19)38-30-23-10-7-6-9-21(23)13-15-27(30)36-32(38)26-12-8-11-24-25-14-16-28(34(3,4)5)37-33(25)39-31(24)26/h6-18H,1-5H3. The molecule has 7 rings (SSSR count). The highest BCUT2D eigenvalue weighted by atomic mass is 32.1. The van der Waals surface area contributed by atoms with Crippen LogP contribution in [-0.2, 0) is 5.41 Å². The molecule has 0 saturated carbocycles. The molecule has 3 heterocycles. The van der Waals surface area contributed by atoms with Crippen molar-refractivity contribution in [2.24, 2.45) is 0 Å². The summed E-state index contributed by atoms with van der Waals surface area (Å²) in [5.41, 5.74) is 6.78. The molecule has 4 aromatic carbocycles. The van der Waals surface area contributed by atoms with Crippen LogP contribution < -0.4 is 0 Å². The second kappa shape index (κ2) is 8.45. The topological polar surface area (TPSA) is 30.7 Å². The number of rotatable bonds is 2. The average molecular weight is 530 g/mol. The van der Waals surface area contributed by atoms with Gasteiger partial charge in [0.15, 0.2) is 0 Å². The zero-order valence-corrected chi connectivity index (χ0v) is 23.4. The van der Waals surface area contributed by atoms with E-state index in [2.05, 4.69) is 92.1 Å². The van der Waals surface area contributed by atoms with Crippen molar-refractivity contribution < 1.29 is 4.39 Å². The van der Waals surface area contributed by atoms with Crippen molar-refractivity contribution >= 4 is 53.4 Å². The number of halogens is 1. The molecule has 0 aliphatic carbocycles. The Morgan fingerprint density at radius 3 is 2.28 bits per heavy atom. The van der Waals surface area contributed by atoms with E-state index < -0.39 is 0 Å². The van der Waals surface area contributed by atoms with Crippen LogP contribution in [0, 0.1) is 19.7 Å². The zero-order valence-electron chi connectivity index (χ0n) is 22.6. The van der Waals surface area contributed by atoms with Crippen LogP contribution in [-0.4, -0.2) is 14.5 Å². The van der Waals surface area contributed by atoms with E-state index in [1.165, 1.54) is 5.39 Å². The van der Waals surface area contributed by atoms with Gasteiger partial charge in [-0.1, -0.05) is 63.2 Å². The van der Waals surface area contributed by atoms with E-state index in [0.717, 1.165) is 70.6 Å². The molecule has 5 heteroatoms. The van der Waals surface area contributed by atoms with Crippen LogP contribution in [0.15, 0.2) is 78.9 Å². The smallest absolute Gasteiger partial charge is 0.147 e. The summed E-state index contributed by atoms with van der Waals surface area (Å²) in [6.45, 7) is 10.5. The summed E-state index contributed by atoms with van der Waals surface area (Å²) in [5, 5.41) is 4.61. The zero-order chi connectivity index (χ0) is 27.1. The molecular weight excluding hydrogens is 501 g/mol. The molecule has 3 aromatic heterocycles. The summed E-state index contributed by atoms with van der Waals surface area (Å²) >= 11 is 1.72. The molecule has 0 unspecified atom stereocenters. The summed E-state index contributed by atoms with van der Waals surface area (Å²) in [6.07, 6.45) is 0. The summed E-state index contributed by atoms with van der Waals surface area (Å²) in [6, 6.07) is 26.6. The van der Waals surface area contributed by atoms with Gasteiger partial charge in [0.25, 0.3) is 0 Å². The van der Waals surface area contributed by atoms with Crippen molar-refractivity contribution in [2.45, 2.75) is 40.0 Å². The minimum absolute atomic E-state index is 0.0279. The van der Waals surface area contributed by atoms with Gasteiger partial charge in [0, 0.05) is 37.5 Å². The van der Waals surface area contributed by atoms with Gasteiger partial charge in [-0.15, -0.1) is 11.3 Å². The average Bonchev–Trinajstić information content (AvgIpc) is 3.46. The molecule has 0 bridgehead atoms. The van der Waals surface area contributed by atoms with Gasteiger partial charge in [0.1, 0.15) is 16.5 Å². The highest BCUT2D eigenvalue weighted by Crippen LogP contribution is 2.42. The molecule has 3 nitrogen and oxygen atoms in total. The quantitative estimate of drug-likeness (QED) is 0.223. The summed E-state index contributed by atoms with van der Waals surface area (Å²) in [7, 11) is 0. The molecule has 0 atom stereocenters. The van der Waals surface area contributed by atoms with E-state index >= 15 is 0 Å². The Bertz CT molecular complexity index is 2070. The monoisotopic (exact) mass is 529 g/mol. The molecule has 0 fully saturated rings. The minimum Gasteiger partial charge on any atom is -0.291 e. The Morgan fingerprint density at radius 1 is 0.769 bits per heavy atom. The lowest BCUT2D eigenvalue weighted by atomic mass is 9.91. The SMILES string of the molecule is Cc1cc(F)cc(C)c1-n1c(-c2cccc3c2sc2nc(C(C)(C)C)ccc23)nc2ccc3ccccc3c21. The number of benzene rings is 4. The number of thiophene rings is 1. The molecule has 192 valence electrons. The molecule has 0 radical (unpaired) electrons. The van der Waals surface area contributed by atoms with E-state index in [9.17, 15) is 4.39 Å². The summed E-state index contributed by atoms with van der Waals surface area (Å²) < 4.78 is 17.9. The number of nitrogens with zero attached hydrogens (tertiary/aromatic N) is 3. The second-order valence-electron chi connectivity index (χ2n) is 11.4. The van der Waals surface area contributed by atoms with Crippen LogP contribution in [0.2, 0.25) is 0 Å². The fourth-order valence-corrected chi connectivity index (χ4v) is 6.95. The Balaban J connectivity index is 1.62. The van der Waals surface area contributed by atoms with Crippen molar-refractivity contribution in [1.29, 1.82) is 0 Å². The fourth-order valence-electron chi connectivity index (χ4n) is 5.77. The highest BCUT2D eigenvalue weighted by molar-refractivity contribution is 7.26. The number of aryl methyl sites for hydroxylation is 2. The van der Waals surface area contributed by atoms with E-state index in [0.29, 0.717) is 0 Å². The van der Waals surface area contributed by atoms with Gasteiger partial charge in [0.2, 0.25) is 0 Å². The van der Waals surface area contributed by atoms with Gasteiger partial charge in [-0.05, 0) is 66.8 Å². The number of hydrogen-bond donors (Lipinski definition) is 0. The van der Waals surface area contributed by atoms with Gasteiger partial charge >= 0.3 is 0 Å². The Kier molecular flexibility index (Phi) is 5.20. The normalized spacial score (nSPS) is 12.4. The highest BCUT2D eigenvalue weighted by Gasteiger charge is 2.23. The number of imidazole rings is 1. The number of fused-ring (bicyclic) bond motifs is 6. The lowest BCUT2D eigenvalue weighted by Gasteiger charge is -2.17. The lowest BCUT2D eigenvalue weighted by molar-refractivity contribution is 0.572. The molecule has 0 N–H and O–H groups in total. The predicted octanol–water partition coefficient (Wildman–Crippen LogP) is 9.66. The first-order chi connectivity index (χ1) is 18.7. The van der Waals surface area contributed by atoms with E-state index in [-0.39, 0.29) is 11.2 Å². The summed E-state index contributed by atoms with van der Waals surface area (Å²) in [5.74, 6) is 0.629. The Morgan fingerprint density at radius 2 is 1.51 bits per heavy atom. The van der Waals surface area contributed by atoms with Crippen LogP contribution >= 0.6 is 11.3 Å². The third-order valence-electron chi connectivity index (χ3n) is 7.59. The number of aromatic nitrogens is 3. The first-order valence-corrected chi connectivity index (χ1v) is 14.0. The van der Waals surface area contributed by atoms with Crippen LogP contribution in [0.4, 0.5) is 4.39 Å². The van der Waals surface area contributed by atoms with Crippen molar-refractivity contribution in [3.8, 4) is 17.1 Å². The molecule has 0 saturated heterocycles. The number of hydrogen-bond acceptors (Lipinski definition) is 3. The third-order valence-corrected chi connectivity index (χ3v) is 8.74. The van der Waals surface area contributed by atoms with E-state index in [1.807, 2.05) is 13.8 Å². The second-order valence-corrected chi connectivity index (χ2v) is 12.4. The molecule has 0 aliphatic heterocycles. The molecule has 0 aliphatic rings. The fraction of sp³-hybridized carbons (Fsp3) is 0.176. The van der Waals surface area contributed by atoms with Crippen LogP contribution in [0.5, 0.6) is 0 Å². The van der Waals surface area contributed by atoms with E-state index in [1.54, 1.807) is 23.5 Å². The molecule has 7 aromatic rings. The Labute approximate surface area is 230 Å². The van der Waals surface area contributed by atoms with Crippen molar-refractivity contribution in [3.05, 3.63) is 102 Å². The first kappa shape index (κ1) is 24.0. The van der Waals surface area contributed by atoms with Crippen LogP contribution in [0.3, 0.4) is 0 Å². The van der Waals surface area contributed by atoms with Gasteiger partial charge in [-0.25, -0.2) is 14.4 Å². The molecular formula is C34H28FN3S. The predicted molar refractivity (Wildman–Crippen MR) is 163 cm³/mol. The number of pyridine rings is 1. The van der Waals surface area contributed by atoms with Crippen molar-refractivity contribution in [3.63, 3.8) is 0 Å². The van der Waals surface area contributed by atoms with Gasteiger partial charge in [-0.2, -0.15) is 0 Å². The molecule has 0 amide bonds. The molecule has 39 heavy (non-hydrogen) atoms. The maximum Gasteiger partial charge on any atom is 0.147 e. The van der Waals surface area contributed by atoms with Crippen LogP contribution in [0.25, 0.3) is 59.2 Å². The maximum atomic E-state index is 14.5. The first-order valence-electron chi connectivity index (χ1n) is 13.2. The largest absolute Gasteiger partial charge is 0.291 e. The third kappa shape index (κ3) is 3.68. The van der Waals surface area contributed by atoms with Crippen molar-refractivity contribution in [2.75, 3.05) is 0 Å². The van der Waals surface area contributed by atoms with Crippen LogP contribution in [0.1, 0.15) is 37.6 Å². The van der Waals surface area contributed by atoms with Crippen molar-refractivity contribution in [1.82, 2.24) is 14.5 Å². The maximum absolute atomic E-state index is 14.5. The molecule has 0 spiro atoms. The summed E-state index contributed by atoms with van der Waals surface area (Å²) in [4.78, 5) is 11.4. The Hall–Kier alpha value is -4.09. The lowest BCUT2D eigenvalue weighted by Crippen LogP contribution is -2.12. The van der Waals surface area contributed by atoms with Gasteiger partial charge in [-0.3, -0.25) is 4.57 Å². The van der Waals surface area contributed by atoms with Gasteiger partial charge < -0.3 is 0 Å². The minimum atomic E-state index is -0.225. The van der Waals surface area contributed by atoms with Gasteiger partial charge in [0.05, 0.1) is 16.7 Å².